The molecule has 2 N–H and O–H groups in total. The van der Waals surface area contributed by atoms with Gasteiger partial charge in [-0.05, 0) is 36.6 Å². The zero-order valence-electron chi connectivity index (χ0n) is 29.3. The molecule has 3 aliphatic rings. The summed E-state index contributed by atoms with van der Waals surface area (Å²) in [5, 5.41) is 7.39. The van der Waals surface area contributed by atoms with Crippen molar-refractivity contribution in [3.05, 3.63) is 105 Å². The molecular weight excluding hydrogens is 713 g/mol. The van der Waals surface area contributed by atoms with Crippen molar-refractivity contribution in [3.8, 4) is 39.4 Å². The van der Waals surface area contributed by atoms with Crippen molar-refractivity contribution in [3.63, 3.8) is 0 Å². The van der Waals surface area contributed by atoms with Gasteiger partial charge in [-0.2, -0.15) is 0 Å². The van der Waals surface area contributed by atoms with E-state index in [1.54, 1.807) is 23.9 Å². The average Bonchev–Trinajstić information content (AvgIpc) is 3.76. The fraction of sp³-hybridized carbons (Fsp3) is 0.325. The van der Waals surface area contributed by atoms with E-state index in [0.29, 0.717) is 71.9 Å². The Balaban J connectivity index is 1.02. The highest BCUT2D eigenvalue weighted by molar-refractivity contribution is 6.39. The largest absolute Gasteiger partial charge is 0.481 e. The van der Waals surface area contributed by atoms with E-state index in [9.17, 15) is 14.4 Å². The van der Waals surface area contributed by atoms with Crippen LogP contribution in [0.25, 0.3) is 39.2 Å². The van der Waals surface area contributed by atoms with Gasteiger partial charge in [0.1, 0.15) is 5.65 Å². The van der Waals surface area contributed by atoms with Crippen molar-refractivity contribution in [2.45, 2.75) is 50.9 Å². The summed E-state index contributed by atoms with van der Waals surface area (Å²) in [6, 6.07) is 19.6. The summed E-state index contributed by atoms with van der Waals surface area (Å²) in [6.07, 6.45) is 6.29. The van der Waals surface area contributed by atoms with Crippen molar-refractivity contribution in [1.82, 2.24) is 34.8 Å². The lowest BCUT2D eigenvalue weighted by atomic mass is 9.97. The summed E-state index contributed by atoms with van der Waals surface area (Å²) in [7, 11) is 1.59. The Labute approximate surface area is 316 Å². The number of fused-ring (bicyclic) bond motifs is 2. The number of nitrogens with zero attached hydrogens (tertiary/aromatic N) is 5. The van der Waals surface area contributed by atoms with Crippen LogP contribution in [0, 0.1) is 0 Å². The third-order valence-electron chi connectivity index (χ3n) is 10.6. The number of hydrogen-bond donors (Lipinski definition) is 2. The van der Waals surface area contributed by atoms with Gasteiger partial charge in [-0.1, -0.05) is 65.7 Å². The van der Waals surface area contributed by atoms with Gasteiger partial charge >= 0.3 is 0 Å². The van der Waals surface area contributed by atoms with Crippen LogP contribution in [0.1, 0.15) is 36.8 Å². The second-order valence-corrected chi connectivity index (χ2v) is 14.6. The fourth-order valence-electron chi connectivity index (χ4n) is 7.75. The third-order valence-corrected chi connectivity index (χ3v) is 11.4. The molecule has 6 heterocycles. The van der Waals surface area contributed by atoms with Crippen molar-refractivity contribution in [1.29, 1.82) is 0 Å². The lowest BCUT2D eigenvalue weighted by molar-refractivity contribution is -0.130. The number of hydrogen-bond acceptors (Lipinski definition) is 8. The number of aromatic nitrogens is 3. The number of methoxy groups -OCH3 is 1. The van der Waals surface area contributed by atoms with Gasteiger partial charge in [0.2, 0.25) is 17.7 Å². The quantitative estimate of drug-likeness (QED) is 0.190. The van der Waals surface area contributed by atoms with Crippen molar-refractivity contribution in [2.24, 2.45) is 0 Å². The summed E-state index contributed by atoms with van der Waals surface area (Å²) in [5.41, 5.74) is 6.44. The molecule has 11 nitrogen and oxygen atoms in total. The van der Waals surface area contributed by atoms with Crippen LogP contribution >= 0.6 is 23.2 Å². The zero-order chi connectivity index (χ0) is 36.6. The molecule has 2 atom stereocenters. The number of piperazine rings is 1. The standard InChI is InChI=1S/C40H39Cl2N7O4/c1-53-39-25(19-43-21-27-9-12-35(50)45-27)8-11-33(46-39)32-7-3-6-31(38(32)42)30-5-2-4-29(37(30)41)24-14-15-49-34(18-24)44-20-26(40(49)52)22-47-16-17-48-28(23-47)10-13-36(48)51/h2-8,11,14-15,18,20,27-28,43H,9-10,12-13,16-17,19,21-23H2,1H3,(H,45,50)/t27-,28-/m1/s1. The number of pyridine rings is 2. The Kier molecular flexibility index (Phi) is 9.91. The minimum Gasteiger partial charge on any atom is -0.481 e. The topological polar surface area (TPSA) is 121 Å². The molecule has 3 saturated heterocycles. The average molecular weight is 753 g/mol. The van der Waals surface area contributed by atoms with Crippen LogP contribution in [0.2, 0.25) is 10.0 Å². The molecule has 3 aromatic heterocycles. The molecule has 53 heavy (non-hydrogen) atoms. The number of nitrogens with one attached hydrogen (secondary N) is 2. The van der Waals surface area contributed by atoms with Crippen molar-refractivity contribution >= 4 is 40.7 Å². The molecule has 2 amide bonds. The van der Waals surface area contributed by atoms with Gasteiger partial charge in [-0.15, -0.1) is 0 Å². The van der Waals surface area contributed by atoms with Crippen molar-refractivity contribution in [2.75, 3.05) is 33.3 Å². The molecule has 3 fully saturated rings. The predicted molar refractivity (Wildman–Crippen MR) is 205 cm³/mol. The van der Waals surface area contributed by atoms with Crippen LogP contribution in [-0.4, -0.2) is 81.4 Å². The first-order valence-corrected chi connectivity index (χ1v) is 18.7. The van der Waals surface area contributed by atoms with Gasteiger partial charge in [0, 0.05) is 104 Å². The Morgan fingerprint density at radius 2 is 1.68 bits per heavy atom. The van der Waals surface area contributed by atoms with Crippen LogP contribution in [0.3, 0.4) is 0 Å². The summed E-state index contributed by atoms with van der Waals surface area (Å²) >= 11 is 14.2. The van der Waals surface area contributed by atoms with Gasteiger partial charge in [0.25, 0.3) is 5.56 Å². The van der Waals surface area contributed by atoms with Gasteiger partial charge in [-0.3, -0.25) is 23.7 Å². The molecule has 0 bridgehead atoms. The van der Waals surface area contributed by atoms with Crippen LogP contribution in [0.4, 0.5) is 0 Å². The lowest BCUT2D eigenvalue weighted by Gasteiger charge is -2.37. The number of ether oxygens (including phenoxy) is 1. The van der Waals surface area contributed by atoms with Gasteiger partial charge in [0.05, 0.1) is 28.4 Å². The molecule has 13 heteroatoms. The predicted octanol–water partition coefficient (Wildman–Crippen LogP) is 5.58. The SMILES string of the molecule is COc1nc(-c2cccc(-c3cccc(-c4ccn5c(=O)c(CN6CCN7C(=O)CC[C@@H]7C6)cnc5c4)c3Cl)c2Cl)ccc1CNC[C@H]1CCC(=O)N1. The second kappa shape index (κ2) is 14.9. The van der Waals surface area contributed by atoms with E-state index in [2.05, 4.69) is 20.5 Å². The molecule has 0 saturated carbocycles. The van der Waals surface area contributed by atoms with Gasteiger partial charge in [-0.25, -0.2) is 9.97 Å². The Morgan fingerprint density at radius 1 is 0.906 bits per heavy atom. The number of carbonyl (C=O) groups excluding carboxylic acids is 2. The Hall–Kier alpha value is -4.81. The smallest absolute Gasteiger partial charge is 0.262 e. The molecule has 3 aliphatic heterocycles. The molecule has 0 unspecified atom stereocenters. The number of benzene rings is 2. The number of amides is 2. The molecule has 0 spiro atoms. The highest BCUT2D eigenvalue weighted by atomic mass is 35.5. The van der Waals surface area contributed by atoms with E-state index in [1.807, 2.05) is 65.6 Å². The minimum absolute atomic E-state index is 0.0940. The van der Waals surface area contributed by atoms with Gasteiger partial charge < -0.3 is 20.3 Å². The van der Waals surface area contributed by atoms with Crippen LogP contribution < -0.4 is 20.9 Å². The summed E-state index contributed by atoms with van der Waals surface area (Å²) < 4.78 is 7.23. The molecular formula is C40H39Cl2N7O4. The maximum Gasteiger partial charge on any atom is 0.262 e. The maximum absolute atomic E-state index is 13.5. The first-order chi connectivity index (χ1) is 25.8. The van der Waals surface area contributed by atoms with E-state index in [0.717, 1.165) is 59.3 Å². The summed E-state index contributed by atoms with van der Waals surface area (Å²) in [6.45, 7) is 3.92. The van der Waals surface area contributed by atoms with Crippen LogP contribution in [0.15, 0.2) is 77.9 Å². The first kappa shape index (κ1) is 35.2. The highest BCUT2D eigenvalue weighted by Crippen LogP contribution is 2.42. The first-order valence-electron chi connectivity index (χ1n) is 17.9. The molecule has 2 aromatic carbocycles. The number of halogens is 2. The van der Waals surface area contributed by atoms with E-state index in [-0.39, 0.29) is 29.5 Å². The van der Waals surface area contributed by atoms with E-state index >= 15 is 0 Å². The molecule has 0 radical (unpaired) electrons. The molecule has 5 aromatic rings. The normalized spacial score (nSPS) is 18.8. The minimum atomic E-state index is -0.108. The van der Waals surface area contributed by atoms with E-state index in [1.165, 1.54) is 0 Å². The lowest BCUT2D eigenvalue weighted by Crippen LogP contribution is -2.51. The van der Waals surface area contributed by atoms with E-state index < -0.39 is 0 Å². The Bertz CT molecular complexity index is 2300. The van der Waals surface area contributed by atoms with E-state index in [4.69, 9.17) is 32.9 Å². The summed E-state index contributed by atoms with van der Waals surface area (Å²) in [4.78, 5) is 50.9. The highest BCUT2D eigenvalue weighted by Gasteiger charge is 2.35. The molecule has 8 rings (SSSR count). The molecule has 0 aliphatic carbocycles. The fourth-order valence-corrected chi connectivity index (χ4v) is 8.41. The number of rotatable bonds is 10. The number of carbonyl (C=O) groups is 2. The summed E-state index contributed by atoms with van der Waals surface area (Å²) in [5.74, 6) is 0.822. The van der Waals surface area contributed by atoms with Crippen LogP contribution in [0.5, 0.6) is 5.88 Å². The van der Waals surface area contributed by atoms with Crippen LogP contribution in [-0.2, 0) is 22.7 Å². The molecule has 272 valence electrons. The third kappa shape index (κ3) is 7.02. The maximum atomic E-state index is 13.5. The second-order valence-electron chi connectivity index (χ2n) is 13.9. The Morgan fingerprint density at radius 3 is 2.45 bits per heavy atom. The van der Waals surface area contributed by atoms with Crippen molar-refractivity contribution < 1.29 is 14.3 Å². The zero-order valence-corrected chi connectivity index (χ0v) is 30.8. The monoisotopic (exact) mass is 751 g/mol. The van der Waals surface area contributed by atoms with Gasteiger partial charge in [0.15, 0.2) is 0 Å².